The molecular weight excluding hydrogens is 284 g/mol. The second-order valence-corrected chi connectivity index (χ2v) is 6.27. The molecule has 0 aliphatic heterocycles. The first kappa shape index (κ1) is 15.6. The number of hydrogen-bond donors (Lipinski definition) is 2. The molecule has 0 aromatic carbocycles. The predicted octanol–water partition coefficient (Wildman–Crippen LogP) is 2.49. The molecule has 1 unspecified atom stereocenters. The first-order valence-corrected chi connectivity index (χ1v) is 8.00. The van der Waals surface area contributed by atoms with Crippen LogP contribution >= 0.6 is 11.3 Å². The molecule has 0 aliphatic rings. The van der Waals surface area contributed by atoms with Gasteiger partial charge < -0.3 is 10.6 Å². The number of carbonyl (C=O) groups is 1. The standard InChI is InChI=1S/C15H22N4OS/c1-11-9-13(3)19(18-11)10-12(2)17-15(20)16-7-6-14-5-4-8-21-14/h4-5,8-9,12H,6-7,10H2,1-3H3,(H2,16,17,20). The van der Waals surface area contributed by atoms with Crippen molar-refractivity contribution in [3.8, 4) is 0 Å². The highest BCUT2D eigenvalue weighted by Gasteiger charge is 2.09. The fourth-order valence-electron chi connectivity index (χ4n) is 2.19. The van der Waals surface area contributed by atoms with Gasteiger partial charge in [0, 0.05) is 23.2 Å². The zero-order valence-corrected chi connectivity index (χ0v) is 13.5. The summed E-state index contributed by atoms with van der Waals surface area (Å²) in [5.74, 6) is 0. The minimum atomic E-state index is -0.124. The third-order valence-electron chi connectivity index (χ3n) is 3.16. The van der Waals surface area contributed by atoms with E-state index >= 15 is 0 Å². The second kappa shape index (κ2) is 7.26. The molecule has 2 aromatic heterocycles. The number of nitrogens with zero attached hydrogens (tertiary/aromatic N) is 2. The van der Waals surface area contributed by atoms with Gasteiger partial charge in [-0.05, 0) is 44.7 Å². The van der Waals surface area contributed by atoms with Crippen LogP contribution in [0.4, 0.5) is 4.79 Å². The molecule has 0 spiro atoms. The summed E-state index contributed by atoms with van der Waals surface area (Å²) in [6.07, 6.45) is 0.872. The van der Waals surface area contributed by atoms with Crippen molar-refractivity contribution in [3.63, 3.8) is 0 Å². The molecule has 6 heteroatoms. The molecular formula is C15H22N4OS. The number of thiophene rings is 1. The van der Waals surface area contributed by atoms with E-state index in [1.165, 1.54) is 4.88 Å². The topological polar surface area (TPSA) is 59.0 Å². The summed E-state index contributed by atoms with van der Waals surface area (Å²) in [5.41, 5.74) is 2.11. The number of nitrogens with one attached hydrogen (secondary N) is 2. The summed E-state index contributed by atoms with van der Waals surface area (Å²) in [4.78, 5) is 13.1. The maximum Gasteiger partial charge on any atom is 0.315 e. The third-order valence-corrected chi connectivity index (χ3v) is 4.10. The SMILES string of the molecule is Cc1cc(C)n(CC(C)NC(=O)NCCc2cccs2)n1. The lowest BCUT2D eigenvalue weighted by Gasteiger charge is -2.15. The molecule has 0 radical (unpaired) electrons. The highest BCUT2D eigenvalue weighted by molar-refractivity contribution is 7.09. The van der Waals surface area contributed by atoms with Crippen molar-refractivity contribution in [1.29, 1.82) is 0 Å². The first-order valence-electron chi connectivity index (χ1n) is 7.12. The van der Waals surface area contributed by atoms with Crippen molar-refractivity contribution in [2.24, 2.45) is 0 Å². The first-order chi connectivity index (χ1) is 10.0. The zero-order valence-electron chi connectivity index (χ0n) is 12.7. The molecule has 0 bridgehead atoms. The Hall–Kier alpha value is -1.82. The average molecular weight is 306 g/mol. The van der Waals surface area contributed by atoms with Crippen LogP contribution in [0.1, 0.15) is 23.2 Å². The molecule has 2 N–H and O–H groups in total. The molecule has 2 heterocycles. The third kappa shape index (κ3) is 4.90. The van der Waals surface area contributed by atoms with Crippen LogP contribution in [0, 0.1) is 13.8 Å². The van der Waals surface area contributed by atoms with Gasteiger partial charge in [-0.2, -0.15) is 5.10 Å². The van der Waals surface area contributed by atoms with E-state index in [-0.39, 0.29) is 12.1 Å². The highest BCUT2D eigenvalue weighted by Crippen LogP contribution is 2.08. The van der Waals surface area contributed by atoms with Gasteiger partial charge in [-0.25, -0.2) is 4.79 Å². The van der Waals surface area contributed by atoms with Gasteiger partial charge in [-0.1, -0.05) is 6.07 Å². The molecule has 21 heavy (non-hydrogen) atoms. The van der Waals surface area contributed by atoms with Crippen LogP contribution in [0.3, 0.4) is 0 Å². The summed E-state index contributed by atoms with van der Waals surface area (Å²) in [6.45, 7) is 7.30. The second-order valence-electron chi connectivity index (χ2n) is 5.24. The van der Waals surface area contributed by atoms with E-state index < -0.39 is 0 Å². The number of aromatic nitrogens is 2. The summed E-state index contributed by atoms with van der Waals surface area (Å²) in [6, 6.07) is 6.05. The zero-order chi connectivity index (χ0) is 15.2. The Kier molecular flexibility index (Phi) is 5.38. The lowest BCUT2D eigenvalue weighted by molar-refractivity contribution is 0.236. The van der Waals surface area contributed by atoms with Gasteiger partial charge in [0.1, 0.15) is 0 Å². The van der Waals surface area contributed by atoms with Crippen molar-refractivity contribution in [2.45, 2.75) is 39.8 Å². The van der Waals surface area contributed by atoms with Gasteiger partial charge in [0.2, 0.25) is 0 Å². The fraction of sp³-hybridized carbons (Fsp3) is 0.467. The Morgan fingerprint density at radius 1 is 1.48 bits per heavy atom. The monoisotopic (exact) mass is 306 g/mol. The predicted molar refractivity (Wildman–Crippen MR) is 85.7 cm³/mol. The van der Waals surface area contributed by atoms with Gasteiger partial charge in [-0.15, -0.1) is 11.3 Å². The van der Waals surface area contributed by atoms with E-state index in [4.69, 9.17) is 0 Å². The average Bonchev–Trinajstić information content (AvgIpc) is 3.00. The van der Waals surface area contributed by atoms with Gasteiger partial charge in [0.05, 0.1) is 12.2 Å². The van der Waals surface area contributed by atoms with Crippen LogP contribution < -0.4 is 10.6 Å². The fourth-order valence-corrected chi connectivity index (χ4v) is 2.90. The molecule has 2 aromatic rings. The Bertz CT molecular complexity index is 577. The van der Waals surface area contributed by atoms with Crippen molar-refractivity contribution < 1.29 is 4.79 Å². The molecule has 0 aliphatic carbocycles. The van der Waals surface area contributed by atoms with Gasteiger partial charge in [0.15, 0.2) is 0 Å². The van der Waals surface area contributed by atoms with Crippen molar-refractivity contribution >= 4 is 17.4 Å². The van der Waals surface area contributed by atoms with Crippen LogP contribution in [0.5, 0.6) is 0 Å². The number of urea groups is 1. The Labute approximate surface area is 129 Å². The Morgan fingerprint density at radius 2 is 2.29 bits per heavy atom. The lowest BCUT2D eigenvalue weighted by atomic mass is 10.3. The Morgan fingerprint density at radius 3 is 2.90 bits per heavy atom. The summed E-state index contributed by atoms with van der Waals surface area (Å²) < 4.78 is 1.92. The smallest absolute Gasteiger partial charge is 0.315 e. The van der Waals surface area contributed by atoms with Crippen LogP contribution in [0.2, 0.25) is 0 Å². The molecule has 1 atom stereocenters. The maximum absolute atomic E-state index is 11.8. The Balaban J connectivity index is 1.70. The molecule has 0 saturated carbocycles. The van der Waals surface area contributed by atoms with Crippen molar-refractivity contribution in [3.05, 3.63) is 39.8 Å². The maximum atomic E-state index is 11.8. The molecule has 0 fully saturated rings. The minimum absolute atomic E-state index is 0.0322. The number of aryl methyl sites for hydroxylation is 2. The van der Waals surface area contributed by atoms with Gasteiger partial charge in [0.25, 0.3) is 0 Å². The van der Waals surface area contributed by atoms with Crippen LogP contribution in [0.25, 0.3) is 0 Å². The number of amides is 2. The minimum Gasteiger partial charge on any atom is -0.338 e. The number of carbonyl (C=O) groups excluding carboxylic acids is 1. The normalized spacial score (nSPS) is 12.1. The molecule has 114 valence electrons. The molecule has 5 nitrogen and oxygen atoms in total. The van der Waals surface area contributed by atoms with E-state index in [1.807, 2.05) is 43.0 Å². The van der Waals surface area contributed by atoms with E-state index in [1.54, 1.807) is 11.3 Å². The molecule has 0 saturated heterocycles. The molecule has 2 rings (SSSR count). The van der Waals surface area contributed by atoms with E-state index in [0.717, 1.165) is 17.8 Å². The quantitative estimate of drug-likeness (QED) is 0.861. The van der Waals surface area contributed by atoms with Crippen molar-refractivity contribution in [2.75, 3.05) is 6.54 Å². The molecule has 2 amide bonds. The largest absolute Gasteiger partial charge is 0.338 e. The van der Waals surface area contributed by atoms with Crippen LogP contribution in [0.15, 0.2) is 23.6 Å². The van der Waals surface area contributed by atoms with E-state index in [0.29, 0.717) is 13.1 Å². The summed E-state index contributed by atoms with van der Waals surface area (Å²) in [5, 5.41) is 12.3. The van der Waals surface area contributed by atoms with Gasteiger partial charge >= 0.3 is 6.03 Å². The van der Waals surface area contributed by atoms with Crippen LogP contribution in [-0.2, 0) is 13.0 Å². The van der Waals surface area contributed by atoms with E-state index in [9.17, 15) is 4.79 Å². The van der Waals surface area contributed by atoms with E-state index in [2.05, 4.69) is 21.8 Å². The summed E-state index contributed by atoms with van der Waals surface area (Å²) >= 11 is 1.71. The van der Waals surface area contributed by atoms with Crippen molar-refractivity contribution in [1.82, 2.24) is 20.4 Å². The highest BCUT2D eigenvalue weighted by atomic mass is 32.1. The summed E-state index contributed by atoms with van der Waals surface area (Å²) in [7, 11) is 0. The van der Waals surface area contributed by atoms with Gasteiger partial charge in [-0.3, -0.25) is 4.68 Å². The number of hydrogen-bond acceptors (Lipinski definition) is 3. The number of rotatable bonds is 6. The van der Waals surface area contributed by atoms with Crippen LogP contribution in [-0.4, -0.2) is 28.4 Å². The lowest BCUT2D eigenvalue weighted by Crippen LogP contribution is -2.43.